The number of ether oxygens (including phenoxy) is 3. The van der Waals surface area contributed by atoms with Crippen LogP contribution in [0.4, 0.5) is 5.69 Å². The van der Waals surface area contributed by atoms with Gasteiger partial charge < -0.3 is 35.3 Å². The number of aliphatic hydroxyl groups is 1. The highest BCUT2D eigenvalue weighted by Gasteiger charge is 2.30. The summed E-state index contributed by atoms with van der Waals surface area (Å²) < 4.78 is 16.3. The lowest BCUT2D eigenvalue weighted by atomic mass is 9.86. The number of nitrogens with zero attached hydrogens (tertiary/aromatic N) is 1. The monoisotopic (exact) mass is 568 g/mol. The summed E-state index contributed by atoms with van der Waals surface area (Å²) in [7, 11) is 1.57. The Balaban J connectivity index is 1.59. The van der Waals surface area contributed by atoms with E-state index in [-0.39, 0.29) is 24.4 Å². The molecule has 2 unspecified atom stereocenters. The van der Waals surface area contributed by atoms with Crippen molar-refractivity contribution in [2.45, 2.75) is 45.3 Å². The Morgan fingerprint density at radius 1 is 1.20 bits per heavy atom. The van der Waals surface area contributed by atoms with Gasteiger partial charge in [0.15, 0.2) is 11.5 Å². The van der Waals surface area contributed by atoms with E-state index >= 15 is 0 Å². The van der Waals surface area contributed by atoms with E-state index in [1.807, 2.05) is 32.1 Å². The third kappa shape index (κ3) is 9.04. The summed E-state index contributed by atoms with van der Waals surface area (Å²) in [6.07, 6.45) is 1.16. The van der Waals surface area contributed by atoms with Crippen LogP contribution in [-0.4, -0.2) is 67.6 Å². The predicted octanol–water partition coefficient (Wildman–Crippen LogP) is 3.41. The average molecular weight is 569 g/mol. The Labute approximate surface area is 240 Å². The first-order valence-electron chi connectivity index (χ1n) is 13.5. The van der Waals surface area contributed by atoms with Crippen molar-refractivity contribution in [3.63, 3.8) is 0 Å². The zero-order chi connectivity index (χ0) is 30.0. The molecule has 11 heteroatoms. The summed E-state index contributed by atoms with van der Waals surface area (Å²) in [6.45, 7) is 9.26. The van der Waals surface area contributed by atoms with E-state index in [0.717, 1.165) is 5.70 Å². The molecule has 11 nitrogen and oxygen atoms in total. The number of nitro benzene ring substituents is 1. The molecule has 1 heterocycles. The van der Waals surface area contributed by atoms with Gasteiger partial charge in [-0.25, -0.2) is 4.79 Å². The highest BCUT2D eigenvalue weighted by atomic mass is 16.6. The molecule has 0 radical (unpaired) electrons. The van der Waals surface area contributed by atoms with Crippen LogP contribution in [0.2, 0.25) is 0 Å². The number of carbonyl (C=O) groups is 1. The second-order valence-electron chi connectivity index (χ2n) is 10.4. The number of hydrogen-bond acceptors (Lipinski definition) is 10. The normalized spacial score (nSPS) is 16.0. The van der Waals surface area contributed by atoms with Crippen molar-refractivity contribution in [1.82, 2.24) is 16.0 Å². The molecule has 4 N–H and O–H groups in total. The number of rotatable bonds is 15. The van der Waals surface area contributed by atoms with E-state index < -0.39 is 22.9 Å². The fraction of sp³-hybridized carbons (Fsp3) is 0.433. The third-order valence-electron chi connectivity index (χ3n) is 6.57. The van der Waals surface area contributed by atoms with Crippen LogP contribution in [0.25, 0.3) is 0 Å². The summed E-state index contributed by atoms with van der Waals surface area (Å²) in [5, 5.41) is 31.9. The molecule has 41 heavy (non-hydrogen) atoms. The van der Waals surface area contributed by atoms with Gasteiger partial charge in [-0.15, -0.1) is 0 Å². The molecule has 0 fully saturated rings. The molecule has 2 aromatic carbocycles. The number of para-hydroxylation sites is 2. The molecule has 0 aromatic heterocycles. The van der Waals surface area contributed by atoms with Crippen LogP contribution >= 0.6 is 0 Å². The van der Waals surface area contributed by atoms with Crippen molar-refractivity contribution in [3.8, 4) is 11.5 Å². The maximum Gasteiger partial charge on any atom is 0.336 e. The maximum atomic E-state index is 12.8. The summed E-state index contributed by atoms with van der Waals surface area (Å²) >= 11 is 0. The van der Waals surface area contributed by atoms with Gasteiger partial charge in [0, 0.05) is 54.6 Å². The van der Waals surface area contributed by atoms with Gasteiger partial charge in [0.1, 0.15) is 12.7 Å². The van der Waals surface area contributed by atoms with E-state index in [0.29, 0.717) is 48.0 Å². The average Bonchev–Trinajstić information content (AvgIpc) is 2.95. The number of aliphatic hydroxyl groups excluding tert-OH is 1. The highest BCUT2D eigenvalue weighted by molar-refractivity contribution is 5.92. The highest BCUT2D eigenvalue weighted by Crippen LogP contribution is 2.34. The summed E-state index contributed by atoms with van der Waals surface area (Å²) in [5.41, 5.74) is 2.11. The van der Waals surface area contributed by atoms with Crippen LogP contribution < -0.4 is 25.4 Å². The first kappa shape index (κ1) is 31.6. The number of hydrogen-bond donors (Lipinski definition) is 4. The molecule has 0 aliphatic carbocycles. The van der Waals surface area contributed by atoms with E-state index in [9.17, 15) is 20.0 Å². The Morgan fingerprint density at radius 2 is 1.93 bits per heavy atom. The van der Waals surface area contributed by atoms with Crippen LogP contribution in [0.3, 0.4) is 0 Å². The number of esters is 1. The van der Waals surface area contributed by atoms with Crippen molar-refractivity contribution in [1.29, 1.82) is 0 Å². The van der Waals surface area contributed by atoms with Gasteiger partial charge >= 0.3 is 5.97 Å². The Kier molecular flexibility index (Phi) is 11.3. The second kappa shape index (κ2) is 14.6. The molecule has 2 atom stereocenters. The van der Waals surface area contributed by atoms with Crippen molar-refractivity contribution in [2.24, 2.45) is 0 Å². The van der Waals surface area contributed by atoms with Crippen LogP contribution in [-0.2, 0) is 9.53 Å². The Hall–Kier alpha value is -3.93. The van der Waals surface area contributed by atoms with Crippen LogP contribution in [0, 0.1) is 10.1 Å². The zero-order valence-corrected chi connectivity index (χ0v) is 24.2. The van der Waals surface area contributed by atoms with Crippen LogP contribution in [0.5, 0.6) is 11.5 Å². The number of dihydropyridines is 1. The number of β-amino-alcohol motifs (C(OH)–C–C–N with tert-alkyl or cyclic N) is 1. The van der Waals surface area contributed by atoms with E-state index in [1.54, 1.807) is 45.2 Å². The Morgan fingerprint density at radius 3 is 2.61 bits per heavy atom. The largest absolute Gasteiger partial charge is 0.493 e. The maximum absolute atomic E-state index is 12.8. The topological polar surface area (TPSA) is 144 Å². The van der Waals surface area contributed by atoms with Crippen LogP contribution in [0.1, 0.15) is 39.2 Å². The molecule has 0 saturated carbocycles. The molecule has 0 saturated heterocycles. The molecule has 1 aliphatic rings. The fourth-order valence-corrected chi connectivity index (χ4v) is 4.50. The molecule has 1 aliphatic heterocycles. The number of carbonyl (C=O) groups excluding carboxylic acids is 1. The van der Waals surface area contributed by atoms with Gasteiger partial charge in [0.25, 0.3) is 5.69 Å². The first-order chi connectivity index (χ1) is 19.5. The molecular formula is C30H40N4O7. The number of non-ortho nitro benzene ring substituents is 1. The quantitative estimate of drug-likeness (QED) is 0.143. The van der Waals surface area contributed by atoms with E-state index in [2.05, 4.69) is 16.0 Å². The van der Waals surface area contributed by atoms with Crippen molar-refractivity contribution >= 4 is 11.7 Å². The van der Waals surface area contributed by atoms with Gasteiger partial charge in [0.2, 0.25) is 0 Å². The summed E-state index contributed by atoms with van der Waals surface area (Å²) in [5.74, 6) is 0.212. The molecule has 0 bridgehead atoms. The molecule has 0 amide bonds. The van der Waals surface area contributed by atoms with Gasteiger partial charge in [-0.2, -0.15) is 0 Å². The third-order valence-corrected chi connectivity index (χ3v) is 6.57. The van der Waals surface area contributed by atoms with Gasteiger partial charge in [0.05, 0.1) is 24.2 Å². The lowest BCUT2D eigenvalue weighted by Crippen LogP contribution is -2.51. The summed E-state index contributed by atoms with van der Waals surface area (Å²) in [6, 6.07) is 13.6. The molecular weight excluding hydrogens is 528 g/mol. The minimum Gasteiger partial charge on any atom is -0.493 e. The van der Waals surface area contributed by atoms with E-state index in [1.165, 1.54) is 12.1 Å². The van der Waals surface area contributed by atoms with Gasteiger partial charge in [-0.1, -0.05) is 30.3 Å². The Bertz CT molecular complexity index is 1270. The molecule has 222 valence electrons. The second-order valence-corrected chi connectivity index (χ2v) is 10.4. The number of benzene rings is 2. The molecule has 0 spiro atoms. The summed E-state index contributed by atoms with van der Waals surface area (Å²) in [4.78, 5) is 23.7. The number of methoxy groups -OCH3 is 1. The number of nitro groups is 1. The minimum atomic E-state index is -0.730. The molecule has 3 rings (SSSR count). The zero-order valence-electron chi connectivity index (χ0n) is 24.2. The standard InChI is InChI=1S/C30H40N4O7/c1-6-40-29(36)28-20(2)33-22(15-25(28)21-10-9-11-23(14-21)34(37)38)16-31-19-30(3,4)32-17-24(35)18-41-27-13-8-7-12-26(27)39-5/h7-15,24-25,31-33,35H,6,16-19H2,1-5H3. The number of nitrogens with one attached hydrogen (secondary N) is 3. The lowest BCUT2D eigenvalue weighted by molar-refractivity contribution is -0.384. The SMILES string of the molecule is CCOC(=O)C1=C(C)NC(CNCC(C)(C)NCC(O)COc2ccccc2OC)=CC1c1cccc([N+](=O)[O-])c1. The predicted molar refractivity (Wildman–Crippen MR) is 156 cm³/mol. The van der Waals surface area contributed by atoms with Crippen LogP contribution in [0.15, 0.2) is 71.6 Å². The van der Waals surface area contributed by atoms with E-state index in [4.69, 9.17) is 14.2 Å². The first-order valence-corrected chi connectivity index (χ1v) is 13.5. The van der Waals surface area contributed by atoms with Crippen molar-refractivity contribution < 1.29 is 29.0 Å². The number of allylic oxidation sites excluding steroid dienone is 2. The van der Waals surface area contributed by atoms with Gasteiger partial charge in [-0.05, 0) is 45.4 Å². The van der Waals surface area contributed by atoms with Crippen molar-refractivity contribution in [2.75, 3.05) is 40.0 Å². The van der Waals surface area contributed by atoms with Gasteiger partial charge in [-0.3, -0.25) is 10.1 Å². The minimum absolute atomic E-state index is 0.0433. The smallest absolute Gasteiger partial charge is 0.336 e. The van der Waals surface area contributed by atoms with Crippen molar-refractivity contribution in [3.05, 3.63) is 87.3 Å². The lowest BCUT2D eigenvalue weighted by Gasteiger charge is -2.30. The molecule has 2 aromatic rings. The fourth-order valence-electron chi connectivity index (χ4n) is 4.50.